The monoisotopic (exact) mass is 556 g/mol. The third-order valence-corrected chi connectivity index (χ3v) is 6.14. The van der Waals surface area contributed by atoms with Crippen molar-refractivity contribution in [3.8, 4) is 0 Å². The summed E-state index contributed by atoms with van der Waals surface area (Å²) in [6, 6.07) is 18.8. The molecule has 39 heavy (non-hydrogen) atoms. The molecular formula is C26H21ClN2O10. The highest BCUT2D eigenvalue weighted by molar-refractivity contribution is 6.20. The molecule has 1 heterocycles. The van der Waals surface area contributed by atoms with Crippen LogP contribution in [-0.2, 0) is 25.6 Å². The number of nitro groups is 2. The number of ether oxygens (including phenoxy) is 4. The molecule has 0 aliphatic carbocycles. The highest BCUT2D eigenvalue weighted by Gasteiger charge is 2.48. The Morgan fingerprint density at radius 2 is 1.33 bits per heavy atom. The van der Waals surface area contributed by atoms with Crippen molar-refractivity contribution in [3.63, 3.8) is 0 Å². The molecule has 1 aliphatic heterocycles. The lowest BCUT2D eigenvalue weighted by Crippen LogP contribution is -2.40. The molecule has 0 amide bonds. The topological polar surface area (TPSA) is 157 Å². The van der Waals surface area contributed by atoms with E-state index in [1.54, 1.807) is 0 Å². The van der Waals surface area contributed by atoms with Crippen LogP contribution in [0, 0.1) is 20.2 Å². The fourth-order valence-corrected chi connectivity index (χ4v) is 4.12. The van der Waals surface area contributed by atoms with Gasteiger partial charge in [0.05, 0.1) is 27.6 Å². The molecule has 0 saturated carbocycles. The zero-order valence-corrected chi connectivity index (χ0v) is 20.8. The smallest absolute Gasteiger partial charge is 0.338 e. The van der Waals surface area contributed by atoms with E-state index < -0.39 is 45.7 Å². The van der Waals surface area contributed by atoms with Crippen molar-refractivity contribution in [1.29, 1.82) is 0 Å². The molecule has 1 aliphatic rings. The van der Waals surface area contributed by atoms with E-state index in [1.807, 2.05) is 30.3 Å². The lowest BCUT2D eigenvalue weighted by atomic mass is 10.1. The highest BCUT2D eigenvalue weighted by atomic mass is 35.5. The summed E-state index contributed by atoms with van der Waals surface area (Å²) in [5.41, 5.74) is -0.510. The van der Waals surface area contributed by atoms with Gasteiger partial charge in [-0.2, -0.15) is 0 Å². The number of nitrogens with zero attached hydrogens (tertiary/aromatic N) is 2. The molecule has 1 saturated heterocycles. The molecule has 0 unspecified atom stereocenters. The molecule has 3 aromatic rings. The molecule has 4 rings (SSSR count). The Bertz CT molecular complexity index is 1340. The van der Waals surface area contributed by atoms with Crippen LogP contribution in [0.1, 0.15) is 26.3 Å². The molecule has 3 aromatic carbocycles. The summed E-state index contributed by atoms with van der Waals surface area (Å²) in [4.78, 5) is 46.0. The van der Waals surface area contributed by atoms with Crippen molar-refractivity contribution in [3.05, 3.63) is 116 Å². The zero-order chi connectivity index (χ0) is 27.9. The van der Waals surface area contributed by atoms with E-state index in [1.165, 1.54) is 48.5 Å². The molecule has 0 bridgehead atoms. The summed E-state index contributed by atoms with van der Waals surface area (Å²) < 4.78 is 22.6. The third kappa shape index (κ3) is 6.93. The number of carbonyl (C=O) groups excluding carboxylic acids is 2. The Morgan fingerprint density at radius 3 is 1.87 bits per heavy atom. The number of hydrogen-bond acceptors (Lipinski definition) is 10. The summed E-state index contributed by atoms with van der Waals surface area (Å²) in [6.07, 6.45) is -3.07. The van der Waals surface area contributed by atoms with Crippen LogP contribution in [0.25, 0.3) is 0 Å². The first kappa shape index (κ1) is 27.6. The van der Waals surface area contributed by atoms with E-state index in [0.29, 0.717) is 0 Å². The number of nitro benzene ring substituents is 2. The lowest BCUT2D eigenvalue weighted by Gasteiger charge is -2.23. The molecular weight excluding hydrogens is 536 g/mol. The van der Waals surface area contributed by atoms with Gasteiger partial charge in [-0.1, -0.05) is 41.9 Å². The molecule has 1 fully saturated rings. The van der Waals surface area contributed by atoms with Gasteiger partial charge in [-0.15, -0.1) is 0 Å². The van der Waals surface area contributed by atoms with Crippen LogP contribution < -0.4 is 0 Å². The fraction of sp³-hybridized carbons (Fsp3) is 0.231. The lowest BCUT2D eigenvalue weighted by molar-refractivity contribution is -0.385. The van der Waals surface area contributed by atoms with Gasteiger partial charge in [0.2, 0.25) is 0 Å². The molecule has 0 aromatic heterocycles. The first-order chi connectivity index (χ1) is 18.7. The Labute approximate surface area is 226 Å². The summed E-state index contributed by atoms with van der Waals surface area (Å²) in [5, 5.41) is 21.8. The minimum atomic E-state index is -1.11. The van der Waals surface area contributed by atoms with Crippen molar-refractivity contribution in [2.45, 2.75) is 30.5 Å². The van der Waals surface area contributed by atoms with Gasteiger partial charge in [-0.3, -0.25) is 20.2 Å². The van der Waals surface area contributed by atoms with E-state index in [0.717, 1.165) is 5.56 Å². The minimum absolute atomic E-state index is 0.0436. The largest absolute Gasteiger partial charge is 0.459 e. The molecule has 4 atom stereocenters. The van der Waals surface area contributed by atoms with Crippen LogP contribution in [0.15, 0.2) is 78.9 Å². The van der Waals surface area contributed by atoms with E-state index >= 15 is 0 Å². The van der Waals surface area contributed by atoms with Gasteiger partial charge in [0.1, 0.15) is 18.8 Å². The highest BCUT2D eigenvalue weighted by Crippen LogP contribution is 2.31. The van der Waals surface area contributed by atoms with E-state index in [4.69, 9.17) is 30.5 Å². The van der Waals surface area contributed by atoms with Crippen molar-refractivity contribution >= 4 is 34.9 Å². The summed E-state index contributed by atoms with van der Waals surface area (Å²) >= 11 is 6.38. The van der Waals surface area contributed by atoms with Gasteiger partial charge < -0.3 is 18.9 Å². The second-order valence-electron chi connectivity index (χ2n) is 8.36. The Hall–Kier alpha value is -4.39. The Morgan fingerprint density at radius 1 is 0.795 bits per heavy atom. The number of benzene rings is 3. The molecule has 202 valence electrons. The molecule has 0 radical (unpaired) electrons. The standard InChI is InChI=1S/C26H21ClN2O10/c27-24-23(36-14-16-4-2-1-3-5-16)22(39-26(31)18-8-12-20(13-9-18)29(34)35)21(38-24)15-37-25(30)17-6-10-19(11-7-17)28(32)33/h1-13,21-24H,14-15H2/t21-,22-,23+,24+/m1/s1. The van der Waals surface area contributed by atoms with E-state index in [-0.39, 0.29) is 35.7 Å². The van der Waals surface area contributed by atoms with Gasteiger partial charge in [0, 0.05) is 24.3 Å². The molecule has 0 N–H and O–H groups in total. The maximum absolute atomic E-state index is 12.9. The number of carbonyl (C=O) groups is 2. The zero-order valence-electron chi connectivity index (χ0n) is 20.1. The van der Waals surface area contributed by atoms with Crippen LogP contribution in [-0.4, -0.2) is 52.3 Å². The molecule has 0 spiro atoms. The first-order valence-electron chi connectivity index (χ1n) is 11.5. The SMILES string of the molecule is O=C(OC[C@H]1O[C@H](Cl)[C@@H](OCc2ccccc2)[C@@H]1OC(=O)c1ccc([N+](=O)[O-])cc1)c1ccc([N+](=O)[O-])cc1. The molecule has 13 heteroatoms. The second kappa shape index (κ2) is 12.4. The first-order valence-corrected chi connectivity index (χ1v) is 12.0. The molecule has 12 nitrogen and oxygen atoms in total. The van der Waals surface area contributed by atoms with E-state index in [2.05, 4.69) is 0 Å². The number of esters is 2. The van der Waals surface area contributed by atoms with Gasteiger partial charge in [-0.25, -0.2) is 9.59 Å². The Kier molecular flexibility index (Phi) is 8.81. The van der Waals surface area contributed by atoms with Crippen molar-refractivity contribution in [2.24, 2.45) is 0 Å². The summed E-state index contributed by atoms with van der Waals surface area (Å²) in [6.45, 7) is -0.249. The van der Waals surface area contributed by atoms with Crippen LogP contribution in [0.3, 0.4) is 0 Å². The van der Waals surface area contributed by atoms with Gasteiger partial charge in [0.15, 0.2) is 11.7 Å². The predicted molar refractivity (Wildman–Crippen MR) is 135 cm³/mol. The predicted octanol–water partition coefficient (Wildman–Crippen LogP) is 4.43. The normalized spacial score (nSPS) is 20.2. The second-order valence-corrected chi connectivity index (χ2v) is 8.79. The number of non-ortho nitro benzene ring substituents is 2. The van der Waals surface area contributed by atoms with Gasteiger partial charge >= 0.3 is 11.9 Å². The van der Waals surface area contributed by atoms with Gasteiger partial charge in [-0.05, 0) is 29.8 Å². The number of rotatable bonds is 10. The van der Waals surface area contributed by atoms with Crippen LogP contribution in [0.2, 0.25) is 0 Å². The maximum Gasteiger partial charge on any atom is 0.338 e. The van der Waals surface area contributed by atoms with Crippen LogP contribution in [0.5, 0.6) is 0 Å². The summed E-state index contributed by atoms with van der Waals surface area (Å²) in [7, 11) is 0. The van der Waals surface area contributed by atoms with Crippen molar-refractivity contribution in [2.75, 3.05) is 6.61 Å². The average molecular weight is 557 g/mol. The van der Waals surface area contributed by atoms with Crippen LogP contribution in [0.4, 0.5) is 11.4 Å². The summed E-state index contributed by atoms with van der Waals surface area (Å²) in [5.74, 6) is -1.60. The Balaban J connectivity index is 1.48. The number of hydrogen-bond donors (Lipinski definition) is 0. The van der Waals surface area contributed by atoms with Crippen LogP contribution >= 0.6 is 11.6 Å². The van der Waals surface area contributed by atoms with Crippen molar-refractivity contribution < 1.29 is 38.4 Å². The number of alkyl halides is 1. The maximum atomic E-state index is 12.9. The fourth-order valence-electron chi connectivity index (χ4n) is 3.77. The minimum Gasteiger partial charge on any atom is -0.459 e. The third-order valence-electron chi connectivity index (χ3n) is 5.79. The van der Waals surface area contributed by atoms with Gasteiger partial charge in [0.25, 0.3) is 11.4 Å². The average Bonchev–Trinajstić information content (AvgIpc) is 3.24. The number of halogens is 1. The van der Waals surface area contributed by atoms with Crippen molar-refractivity contribution in [1.82, 2.24) is 0 Å². The quantitative estimate of drug-likeness (QED) is 0.151. The van der Waals surface area contributed by atoms with E-state index in [9.17, 15) is 29.8 Å².